The van der Waals surface area contributed by atoms with Gasteiger partial charge in [-0.25, -0.2) is 4.98 Å². The number of hydrogen-bond donors (Lipinski definition) is 2. The molecule has 70 valence electrons. The van der Waals surface area contributed by atoms with Gasteiger partial charge in [-0.1, -0.05) is 18.2 Å². The van der Waals surface area contributed by atoms with E-state index in [0.717, 1.165) is 5.69 Å². The van der Waals surface area contributed by atoms with Crippen LogP contribution in [-0.2, 0) is 0 Å². The molecule has 2 aromatic rings. The molecule has 0 aliphatic rings. The van der Waals surface area contributed by atoms with Crippen molar-refractivity contribution in [1.29, 1.82) is 0 Å². The van der Waals surface area contributed by atoms with Crippen LogP contribution in [0.3, 0.4) is 0 Å². The van der Waals surface area contributed by atoms with E-state index in [-0.39, 0.29) is 0 Å². The maximum Gasteiger partial charge on any atom is 0.163 e. The number of rotatable bonds is 3. The normalized spacial score (nSPS) is 9.43. The Morgan fingerprint density at radius 1 is 0.929 bits per heavy atom. The molecule has 2 N–H and O–H groups in total. The highest BCUT2D eigenvalue weighted by molar-refractivity contribution is 5.48. The second-order valence-corrected chi connectivity index (χ2v) is 2.71. The summed E-state index contributed by atoms with van der Waals surface area (Å²) in [6.07, 6.45) is 4.92. The summed E-state index contributed by atoms with van der Waals surface area (Å²) >= 11 is 0. The SMILES string of the molecule is c1ccc(NNc2cnccn2)cc1. The lowest BCUT2D eigenvalue weighted by molar-refractivity contribution is 1.18. The molecule has 0 atom stereocenters. The van der Waals surface area contributed by atoms with Gasteiger partial charge in [-0.2, -0.15) is 0 Å². The van der Waals surface area contributed by atoms with Crippen LogP contribution in [-0.4, -0.2) is 9.97 Å². The predicted octanol–water partition coefficient (Wildman–Crippen LogP) is 1.92. The van der Waals surface area contributed by atoms with E-state index in [1.54, 1.807) is 18.6 Å². The number of para-hydroxylation sites is 1. The largest absolute Gasteiger partial charge is 0.300 e. The Kier molecular flexibility index (Phi) is 2.56. The first-order valence-electron chi connectivity index (χ1n) is 4.28. The molecular formula is C10H10N4. The molecule has 0 bridgehead atoms. The van der Waals surface area contributed by atoms with Crippen LogP contribution in [0.4, 0.5) is 11.5 Å². The molecule has 0 spiro atoms. The van der Waals surface area contributed by atoms with Crippen LogP contribution in [0.25, 0.3) is 0 Å². The molecule has 1 aromatic carbocycles. The third-order valence-corrected chi connectivity index (χ3v) is 1.67. The highest BCUT2D eigenvalue weighted by atomic mass is 15.4. The average molecular weight is 186 g/mol. The fourth-order valence-electron chi connectivity index (χ4n) is 1.02. The third kappa shape index (κ3) is 2.20. The lowest BCUT2D eigenvalue weighted by Gasteiger charge is -2.07. The average Bonchev–Trinajstić information content (AvgIpc) is 2.29. The van der Waals surface area contributed by atoms with Crippen molar-refractivity contribution in [3.8, 4) is 0 Å². The maximum atomic E-state index is 4.06. The van der Waals surface area contributed by atoms with Crippen molar-refractivity contribution < 1.29 is 0 Å². The Balaban J connectivity index is 1.96. The van der Waals surface area contributed by atoms with E-state index in [2.05, 4.69) is 20.8 Å². The van der Waals surface area contributed by atoms with Crippen LogP contribution in [0.1, 0.15) is 0 Å². The molecular weight excluding hydrogens is 176 g/mol. The summed E-state index contributed by atoms with van der Waals surface area (Å²) in [4.78, 5) is 7.99. The summed E-state index contributed by atoms with van der Waals surface area (Å²) in [6, 6.07) is 9.81. The van der Waals surface area contributed by atoms with Gasteiger partial charge in [-0.15, -0.1) is 0 Å². The third-order valence-electron chi connectivity index (χ3n) is 1.67. The van der Waals surface area contributed by atoms with Crippen molar-refractivity contribution in [2.75, 3.05) is 10.9 Å². The van der Waals surface area contributed by atoms with Gasteiger partial charge in [0, 0.05) is 12.4 Å². The molecule has 0 unspecified atom stereocenters. The van der Waals surface area contributed by atoms with Crippen LogP contribution in [0.2, 0.25) is 0 Å². The van der Waals surface area contributed by atoms with Gasteiger partial charge in [-0.05, 0) is 12.1 Å². The van der Waals surface area contributed by atoms with Crippen molar-refractivity contribution in [2.45, 2.75) is 0 Å². The van der Waals surface area contributed by atoms with Gasteiger partial charge >= 0.3 is 0 Å². The van der Waals surface area contributed by atoms with Crippen LogP contribution in [0.15, 0.2) is 48.9 Å². The molecule has 2 rings (SSSR count). The van der Waals surface area contributed by atoms with Gasteiger partial charge in [0.25, 0.3) is 0 Å². The minimum atomic E-state index is 0.691. The zero-order valence-corrected chi connectivity index (χ0v) is 7.51. The Morgan fingerprint density at radius 3 is 2.50 bits per heavy atom. The predicted molar refractivity (Wildman–Crippen MR) is 55.7 cm³/mol. The first-order chi connectivity index (χ1) is 6.95. The molecule has 4 heteroatoms. The summed E-state index contributed by atoms with van der Waals surface area (Å²) in [5, 5.41) is 0. The van der Waals surface area contributed by atoms with E-state index in [0.29, 0.717) is 5.82 Å². The lowest BCUT2D eigenvalue weighted by atomic mass is 10.3. The van der Waals surface area contributed by atoms with E-state index < -0.39 is 0 Å². The van der Waals surface area contributed by atoms with Crippen molar-refractivity contribution in [3.05, 3.63) is 48.9 Å². The van der Waals surface area contributed by atoms with E-state index in [4.69, 9.17) is 0 Å². The minimum Gasteiger partial charge on any atom is -0.300 e. The quantitative estimate of drug-likeness (QED) is 0.719. The molecule has 14 heavy (non-hydrogen) atoms. The Bertz CT molecular complexity index is 334. The van der Waals surface area contributed by atoms with Gasteiger partial charge < -0.3 is 0 Å². The van der Waals surface area contributed by atoms with Crippen LogP contribution >= 0.6 is 0 Å². The minimum absolute atomic E-state index is 0.691. The van der Waals surface area contributed by atoms with Crippen LogP contribution < -0.4 is 10.9 Å². The summed E-state index contributed by atoms with van der Waals surface area (Å²) < 4.78 is 0. The van der Waals surface area contributed by atoms with Gasteiger partial charge in [0.15, 0.2) is 5.82 Å². The van der Waals surface area contributed by atoms with E-state index in [1.807, 2.05) is 30.3 Å². The molecule has 0 saturated carbocycles. The number of hydrogen-bond acceptors (Lipinski definition) is 4. The van der Waals surface area contributed by atoms with Crippen LogP contribution in [0, 0.1) is 0 Å². The summed E-state index contributed by atoms with van der Waals surface area (Å²) in [7, 11) is 0. The molecule has 1 aromatic heterocycles. The number of aromatic nitrogens is 2. The van der Waals surface area contributed by atoms with Crippen molar-refractivity contribution in [1.82, 2.24) is 9.97 Å². The first-order valence-corrected chi connectivity index (χ1v) is 4.28. The van der Waals surface area contributed by atoms with Crippen molar-refractivity contribution >= 4 is 11.5 Å². The molecule has 0 amide bonds. The van der Waals surface area contributed by atoms with E-state index in [9.17, 15) is 0 Å². The Morgan fingerprint density at radius 2 is 1.79 bits per heavy atom. The van der Waals surface area contributed by atoms with Gasteiger partial charge in [0.2, 0.25) is 0 Å². The summed E-state index contributed by atoms with van der Waals surface area (Å²) in [5.41, 5.74) is 6.93. The summed E-state index contributed by atoms with van der Waals surface area (Å²) in [6.45, 7) is 0. The van der Waals surface area contributed by atoms with Gasteiger partial charge in [0.1, 0.15) is 0 Å². The summed E-state index contributed by atoms with van der Waals surface area (Å²) in [5.74, 6) is 0.691. The van der Waals surface area contributed by atoms with Crippen molar-refractivity contribution in [2.24, 2.45) is 0 Å². The second kappa shape index (κ2) is 4.23. The van der Waals surface area contributed by atoms with E-state index >= 15 is 0 Å². The number of benzene rings is 1. The Labute approximate surface area is 82.0 Å². The molecule has 4 nitrogen and oxygen atoms in total. The number of nitrogens with zero attached hydrogens (tertiary/aromatic N) is 2. The fraction of sp³-hybridized carbons (Fsp3) is 0. The molecule has 0 fully saturated rings. The lowest BCUT2D eigenvalue weighted by Crippen LogP contribution is -2.09. The standard InChI is InChI=1S/C10H10N4/c1-2-4-9(5-3-1)13-14-10-8-11-6-7-12-10/h1-8,13H,(H,12,14). The Hall–Kier alpha value is -2.10. The fourth-order valence-corrected chi connectivity index (χ4v) is 1.02. The smallest absolute Gasteiger partial charge is 0.163 e. The zero-order valence-electron chi connectivity index (χ0n) is 7.51. The number of hydrazine groups is 1. The molecule has 0 aliphatic carbocycles. The zero-order chi connectivity index (χ0) is 9.64. The second-order valence-electron chi connectivity index (χ2n) is 2.71. The van der Waals surface area contributed by atoms with Crippen LogP contribution in [0.5, 0.6) is 0 Å². The maximum absolute atomic E-state index is 4.06. The monoisotopic (exact) mass is 186 g/mol. The molecule has 1 heterocycles. The first kappa shape index (κ1) is 8.50. The van der Waals surface area contributed by atoms with E-state index in [1.165, 1.54) is 0 Å². The number of nitrogens with one attached hydrogen (secondary N) is 2. The number of anilines is 2. The highest BCUT2D eigenvalue weighted by Gasteiger charge is 1.90. The topological polar surface area (TPSA) is 49.8 Å². The highest BCUT2D eigenvalue weighted by Crippen LogP contribution is 2.05. The van der Waals surface area contributed by atoms with Crippen molar-refractivity contribution in [3.63, 3.8) is 0 Å². The van der Waals surface area contributed by atoms with Gasteiger partial charge in [0.05, 0.1) is 11.9 Å². The molecule has 0 saturated heterocycles. The molecule has 0 aliphatic heterocycles. The van der Waals surface area contributed by atoms with Gasteiger partial charge in [-0.3, -0.25) is 15.8 Å². The molecule has 0 radical (unpaired) electrons.